The number of aliphatic hydroxyl groups excluding tert-OH is 1. The van der Waals surface area contributed by atoms with Crippen molar-refractivity contribution >= 4 is 0 Å². The van der Waals surface area contributed by atoms with Gasteiger partial charge in [-0.15, -0.1) is 0 Å². The van der Waals surface area contributed by atoms with Crippen LogP contribution in [0, 0.1) is 5.92 Å². The molecule has 0 bridgehead atoms. The van der Waals surface area contributed by atoms with E-state index in [1.807, 2.05) is 0 Å². The van der Waals surface area contributed by atoms with E-state index in [1.54, 1.807) is 0 Å². The van der Waals surface area contributed by atoms with Gasteiger partial charge in [0.2, 0.25) is 0 Å². The number of ether oxygens (including phenoxy) is 1. The van der Waals surface area contributed by atoms with Crippen molar-refractivity contribution < 1.29 is 18.6 Å². The van der Waals surface area contributed by atoms with Crippen LogP contribution in [-0.2, 0) is 4.74 Å². The van der Waals surface area contributed by atoms with Crippen molar-refractivity contribution in [2.24, 2.45) is 5.92 Å². The van der Waals surface area contributed by atoms with Crippen LogP contribution in [0.25, 0.3) is 0 Å². The molecule has 0 spiro atoms. The fourth-order valence-corrected chi connectivity index (χ4v) is 1.60. The largest absolute Gasteiger partial charge is 0.396 e. The van der Waals surface area contributed by atoms with Crippen LogP contribution in [0.2, 0.25) is 0 Å². The highest BCUT2D eigenvalue weighted by molar-refractivity contribution is 4.71. The fourth-order valence-electron chi connectivity index (χ4n) is 1.60. The van der Waals surface area contributed by atoms with Crippen molar-refractivity contribution in [2.45, 2.75) is 38.4 Å². The van der Waals surface area contributed by atoms with Crippen LogP contribution in [0.4, 0.5) is 8.78 Å². The average Bonchev–Trinajstić information content (AvgIpc) is 2.05. The molecule has 0 aromatic rings. The molecule has 0 saturated heterocycles. The van der Waals surface area contributed by atoms with Gasteiger partial charge in [-0.2, -0.15) is 8.78 Å². The molecule has 0 radical (unpaired) electrons. The second-order valence-electron chi connectivity index (χ2n) is 3.22. The molecule has 0 aromatic carbocycles. The summed E-state index contributed by atoms with van der Waals surface area (Å²) < 4.78 is 27.8. The highest BCUT2D eigenvalue weighted by Gasteiger charge is 2.23. The Balaban J connectivity index is 2.17. The summed E-state index contributed by atoms with van der Waals surface area (Å²) in [5, 5.41) is 8.77. The first kappa shape index (κ1) is 9.86. The van der Waals surface area contributed by atoms with Crippen LogP contribution in [0.5, 0.6) is 0 Å². The Morgan fingerprint density at radius 2 is 1.83 bits per heavy atom. The Hall–Kier alpha value is -0.220. The topological polar surface area (TPSA) is 29.5 Å². The lowest BCUT2D eigenvalue weighted by Crippen LogP contribution is -2.24. The highest BCUT2D eigenvalue weighted by Crippen LogP contribution is 2.26. The van der Waals surface area contributed by atoms with Crippen LogP contribution in [0.15, 0.2) is 0 Å². The predicted octanol–water partition coefficient (Wildman–Crippen LogP) is 1.78. The number of aliphatic hydroxyl groups is 1. The summed E-state index contributed by atoms with van der Waals surface area (Å²) in [7, 11) is 0. The van der Waals surface area contributed by atoms with Crippen LogP contribution in [0.3, 0.4) is 0 Å². The minimum Gasteiger partial charge on any atom is -0.396 e. The molecule has 0 heterocycles. The predicted molar refractivity (Wildman–Crippen MR) is 39.9 cm³/mol. The van der Waals surface area contributed by atoms with Gasteiger partial charge in [-0.25, -0.2) is 0 Å². The third-order valence-corrected chi connectivity index (χ3v) is 2.35. The van der Waals surface area contributed by atoms with Gasteiger partial charge >= 0.3 is 6.61 Å². The molecule has 0 unspecified atom stereocenters. The van der Waals surface area contributed by atoms with Crippen LogP contribution >= 0.6 is 0 Å². The van der Waals surface area contributed by atoms with E-state index >= 15 is 0 Å². The lowest BCUT2D eigenvalue weighted by atomic mass is 9.88. The van der Waals surface area contributed by atoms with E-state index < -0.39 is 6.61 Å². The molecule has 4 heteroatoms. The summed E-state index contributed by atoms with van der Waals surface area (Å²) in [6, 6.07) is 0. The molecule has 1 aliphatic rings. The highest BCUT2D eigenvalue weighted by atomic mass is 19.3. The van der Waals surface area contributed by atoms with Gasteiger partial charge in [0, 0.05) is 6.61 Å². The second-order valence-corrected chi connectivity index (χ2v) is 3.22. The number of halogens is 2. The van der Waals surface area contributed by atoms with E-state index in [9.17, 15) is 8.78 Å². The van der Waals surface area contributed by atoms with E-state index in [0.29, 0.717) is 18.8 Å². The van der Waals surface area contributed by atoms with Gasteiger partial charge in [0.05, 0.1) is 6.10 Å². The van der Waals surface area contributed by atoms with Crippen molar-refractivity contribution in [2.75, 3.05) is 6.61 Å². The molecular formula is C8H14F2O2. The zero-order valence-corrected chi connectivity index (χ0v) is 6.88. The van der Waals surface area contributed by atoms with Crippen molar-refractivity contribution in [1.29, 1.82) is 0 Å². The second kappa shape index (κ2) is 4.72. The van der Waals surface area contributed by atoms with Crippen molar-refractivity contribution in [3.63, 3.8) is 0 Å². The van der Waals surface area contributed by atoms with Crippen molar-refractivity contribution in [3.05, 3.63) is 0 Å². The number of hydrogen-bond donors (Lipinski definition) is 1. The zero-order chi connectivity index (χ0) is 8.97. The molecule has 1 N–H and O–H groups in total. The molecule has 1 fully saturated rings. The molecular weight excluding hydrogens is 166 g/mol. The maximum Gasteiger partial charge on any atom is 0.345 e. The van der Waals surface area contributed by atoms with Gasteiger partial charge < -0.3 is 9.84 Å². The van der Waals surface area contributed by atoms with E-state index in [2.05, 4.69) is 4.74 Å². The van der Waals surface area contributed by atoms with Gasteiger partial charge in [0.25, 0.3) is 0 Å². The van der Waals surface area contributed by atoms with Gasteiger partial charge in [-0.3, -0.25) is 0 Å². The molecule has 0 aromatic heterocycles. The average molecular weight is 180 g/mol. The Bertz CT molecular complexity index is 122. The number of rotatable bonds is 3. The normalized spacial score (nSPS) is 31.0. The molecule has 12 heavy (non-hydrogen) atoms. The lowest BCUT2D eigenvalue weighted by molar-refractivity contribution is -0.172. The van der Waals surface area contributed by atoms with Gasteiger partial charge in [-0.1, -0.05) is 0 Å². The Kier molecular flexibility index (Phi) is 3.88. The summed E-state index contributed by atoms with van der Waals surface area (Å²) in [5.41, 5.74) is 0. The minimum atomic E-state index is -2.65. The van der Waals surface area contributed by atoms with E-state index in [0.717, 1.165) is 12.8 Å². The van der Waals surface area contributed by atoms with Crippen LogP contribution in [-0.4, -0.2) is 24.4 Å². The quantitative estimate of drug-likeness (QED) is 0.717. The van der Waals surface area contributed by atoms with Gasteiger partial charge in [0.1, 0.15) is 0 Å². The minimum absolute atomic E-state index is 0.168. The standard InChI is InChI=1S/C8H14F2O2/c9-8(10)12-7-3-1-6(5-11)2-4-7/h6-8,11H,1-5H2. The monoisotopic (exact) mass is 180 g/mol. The van der Waals surface area contributed by atoms with Crippen LogP contribution < -0.4 is 0 Å². The molecule has 0 aliphatic heterocycles. The third-order valence-electron chi connectivity index (χ3n) is 2.35. The fraction of sp³-hybridized carbons (Fsp3) is 1.00. The Morgan fingerprint density at radius 1 is 1.25 bits per heavy atom. The summed E-state index contributed by atoms with van der Waals surface area (Å²) in [6.07, 6.45) is 2.60. The number of alkyl halides is 2. The molecule has 2 nitrogen and oxygen atoms in total. The molecule has 1 saturated carbocycles. The molecule has 0 amide bonds. The SMILES string of the molecule is OCC1CCC(OC(F)F)CC1. The van der Waals surface area contributed by atoms with Gasteiger partial charge in [-0.05, 0) is 31.6 Å². The van der Waals surface area contributed by atoms with Crippen LogP contribution in [0.1, 0.15) is 25.7 Å². The van der Waals surface area contributed by atoms with Crippen molar-refractivity contribution in [3.8, 4) is 0 Å². The molecule has 1 rings (SSSR count). The maximum absolute atomic E-state index is 11.7. The first-order chi connectivity index (χ1) is 5.72. The smallest absolute Gasteiger partial charge is 0.345 e. The lowest BCUT2D eigenvalue weighted by Gasteiger charge is -2.26. The summed E-state index contributed by atoms with van der Waals surface area (Å²) in [4.78, 5) is 0. The third kappa shape index (κ3) is 3.03. The summed E-state index contributed by atoms with van der Waals surface area (Å²) in [5.74, 6) is 0.294. The Morgan fingerprint density at radius 3 is 2.25 bits per heavy atom. The molecule has 1 aliphatic carbocycles. The van der Waals surface area contributed by atoms with E-state index in [4.69, 9.17) is 5.11 Å². The first-order valence-corrected chi connectivity index (χ1v) is 4.27. The zero-order valence-electron chi connectivity index (χ0n) is 6.88. The summed E-state index contributed by atoms with van der Waals surface area (Å²) in [6.45, 7) is -2.48. The Labute approximate surface area is 70.5 Å². The maximum atomic E-state index is 11.7. The first-order valence-electron chi connectivity index (χ1n) is 4.27. The molecule has 72 valence electrons. The summed E-state index contributed by atoms with van der Waals surface area (Å²) >= 11 is 0. The van der Waals surface area contributed by atoms with E-state index in [-0.39, 0.29) is 12.7 Å². The van der Waals surface area contributed by atoms with Crippen molar-refractivity contribution in [1.82, 2.24) is 0 Å². The van der Waals surface area contributed by atoms with E-state index in [1.165, 1.54) is 0 Å². The molecule has 0 atom stereocenters. The van der Waals surface area contributed by atoms with Gasteiger partial charge in [0.15, 0.2) is 0 Å². The number of hydrogen-bond acceptors (Lipinski definition) is 2.